The smallest absolute Gasteiger partial charge is 0.261 e. The predicted molar refractivity (Wildman–Crippen MR) is 98.1 cm³/mol. The van der Waals surface area contributed by atoms with Crippen LogP contribution in [0.5, 0.6) is 0 Å². The number of anilines is 3. The average molecular weight is 348 g/mol. The van der Waals surface area contributed by atoms with Gasteiger partial charge in [-0.2, -0.15) is 0 Å². The lowest BCUT2D eigenvalue weighted by molar-refractivity contribution is 0.0981. The minimum absolute atomic E-state index is 0.0880. The van der Waals surface area contributed by atoms with Crippen LogP contribution >= 0.6 is 0 Å². The first kappa shape index (κ1) is 16.2. The van der Waals surface area contributed by atoms with Gasteiger partial charge in [0.25, 0.3) is 5.91 Å². The zero-order valence-corrected chi connectivity index (χ0v) is 14.2. The summed E-state index contributed by atoms with van der Waals surface area (Å²) < 4.78 is 13.2. The molecule has 5 nitrogen and oxygen atoms in total. The quantitative estimate of drug-likeness (QED) is 0.779. The molecular formula is C20H17FN4O. The zero-order chi connectivity index (χ0) is 18.1. The summed E-state index contributed by atoms with van der Waals surface area (Å²) in [5, 5.41) is 2.92. The van der Waals surface area contributed by atoms with Gasteiger partial charge in [-0.15, -0.1) is 0 Å². The molecule has 2 aromatic carbocycles. The van der Waals surface area contributed by atoms with Gasteiger partial charge in [0, 0.05) is 29.8 Å². The third kappa shape index (κ3) is 3.01. The number of halogens is 1. The number of hydrogen-bond donors (Lipinski definition) is 1. The van der Waals surface area contributed by atoms with Gasteiger partial charge in [0.05, 0.1) is 5.56 Å². The number of hydrogen-bond acceptors (Lipinski definition) is 4. The molecule has 2 heterocycles. The Morgan fingerprint density at radius 3 is 2.69 bits per heavy atom. The van der Waals surface area contributed by atoms with Crippen molar-refractivity contribution in [1.29, 1.82) is 0 Å². The lowest BCUT2D eigenvalue weighted by atomic mass is 10.1. The van der Waals surface area contributed by atoms with Crippen molar-refractivity contribution in [2.24, 2.45) is 0 Å². The molecule has 1 aromatic heterocycles. The Balaban J connectivity index is 1.54. The maximum Gasteiger partial charge on any atom is 0.261 e. The third-order valence-corrected chi connectivity index (χ3v) is 4.41. The van der Waals surface area contributed by atoms with Crippen LogP contribution in [0, 0.1) is 5.82 Å². The summed E-state index contributed by atoms with van der Waals surface area (Å²) >= 11 is 0. The number of benzene rings is 2. The molecule has 0 saturated heterocycles. The molecule has 1 aliphatic heterocycles. The summed E-state index contributed by atoms with van der Waals surface area (Å²) in [6.45, 7) is 2.03. The fourth-order valence-electron chi connectivity index (χ4n) is 3.21. The van der Waals surface area contributed by atoms with E-state index in [0.717, 1.165) is 12.1 Å². The van der Waals surface area contributed by atoms with Crippen molar-refractivity contribution < 1.29 is 9.18 Å². The average Bonchev–Trinajstić information content (AvgIpc) is 2.97. The van der Waals surface area contributed by atoms with Crippen molar-refractivity contribution in [3.63, 3.8) is 0 Å². The lowest BCUT2D eigenvalue weighted by Crippen LogP contribution is -2.35. The highest BCUT2D eigenvalue weighted by atomic mass is 19.1. The van der Waals surface area contributed by atoms with Crippen molar-refractivity contribution >= 4 is 23.2 Å². The first-order chi connectivity index (χ1) is 12.6. The van der Waals surface area contributed by atoms with Gasteiger partial charge in [0.1, 0.15) is 5.82 Å². The molecule has 1 atom stereocenters. The van der Waals surface area contributed by atoms with Gasteiger partial charge in [0.15, 0.2) is 0 Å². The first-order valence-electron chi connectivity index (χ1n) is 8.38. The summed E-state index contributed by atoms with van der Waals surface area (Å²) in [7, 11) is 0. The molecule has 4 rings (SSSR count). The van der Waals surface area contributed by atoms with Crippen LogP contribution in [0.2, 0.25) is 0 Å². The zero-order valence-electron chi connectivity index (χ0n) is 14.2. The molecule has 3 aromatic rings. The minimum Gasteiger partial charge on any atom is -0.324 e. The van der Waals surface area contributed by atoms with Crippen LogP contribution in [0.15, 0.2) is 60.9 Å². The molecule has 6 heteroatoms. The number of para-hydroxylation sites is 1. The van der Waals surface area contributed by atoms with Crippen molar-refractivity contribution in [1.82, 2.24) is 9.97 Å². The van der Waals surface area contributed by atoms with Crippen LogP contribution in [0.1, 0.15) is 22.8 Å². The standard InChI is InChI=1S/C20H17FN4O/c1-13-9-14-5-2-3-8-18(14)25(13)19(26)15-11-22-20(23-12-15)24-17-7-4-6-16(21)10-17/h2-8,10-13H,9H2,1H3,(H,22,23,24). The fourth-order valence-corrected chi connectivity index (χ4v) is 3.21. The Labute approximate surface area is 150 Å². The second kappa shape index (κ2) is 6.55. The van der Waals surface area contributed by atoms with Crippen LogP contribution < -0.4 is 10.2 Å². The number of aromatic nitrogens is 2. The van der Waals surface area contributed by atoms with Crippen LogP contribution in [0.3, 0.4) is 0 Å². The van der Waals surface area contributed by atoms with Crippen molar-refractivity contribution in [3.8, 4) is 0 Å². The van der Waals surface area contributed by atoms with Gasteiger partial charge in [-0.3, -0.25) is 4.79 Å². The number of amides is 1. The molecule has 1 N–H and O–H groups in total. The van der Waals surface area contributed by atoms with Crippen LogP contribution in [0.25, 0.3) is 0 Å². The van der Waals surface area contributed by atoms with Crippen molar-refractivity contribution in [2.45, 2.75) is 19.4 Å². The highest BCUT2D eigenvalue weighted by Gasteiger charge is 2.31. The maximum absolute atomic E-state index is 13.2. The maximum atomic E-state index is 13.2. The van der Waals surface area contributed by atoms with E-state index in [1.807, 2.05) is 31.2 Å². The molecule has 1 amide bonds. The molecule has 1 unspecified atom stereocenters. The predicted octanol–water partition coefficient (Wildman–Crippen LogP) is 3.95. The number of rotatable bonds is 3. The second-order valence-corrected chi connectivity index (χ2v) is 6.29. The van der Waals surface area contributed by atoms with E-state index in [1.54, 1.807) is 17.0 Å². The molecule has 0 saturated carbocycles. The van der Waals surface area contributed by atoms with Gasteiger partial charge < -0.3 is 10.2 Å². The molecular weight excluding hydrogens is 331 g/mol. The van der Waals surface area contributed by atoms with E-state index in [-0.39, 0.29) is 17.8 Å². The number of fused-ring (bicyclic) bond motifs is 1. The van der Waals surface area contributed by atoms with E-state index in [1.165, 1.54) is 30.1 Å². The molecule has 0 bridgehead atoms. The van der Waals surface area contributed by atoms with E-state index in [4.69, 9.17) is 0 Å². The lowest BCUT2D eigenvalue weighted by Gasteiger charge is -2.22. The SMILES string of the molecule is CC1Cc2ccccc2N1C(=O)c1cnc(Nc2cccc(F)c2)nc1. The van der Waals surface area contributed by atoms with Crippen molar-refractivity contribution in [2.75, 3.05) is 10.2 Å². The van der Waals surface area contributed by atoms with Crippen LogP contribution in [0.4, 0.5) is 21.7 Å². The Hall–Kier alpha value is -3.28. The third-order valence-electron chi connectivity index (χ3n) is 4.41. The molecule has 26 heavy (non-hydrogen) atoms. The van der Waals surface area contributed by atoms with Gasteiger partial charge in [-0.1, -0.05) is 24.3 Å². The van der Waals surface area contributed by atoms with Crippen LogP contribution in [-0.4, -0.2) is 21.9 Å². The largest absolute Gasteiger partial charge is 0.324 e. The second-order valence-electron chi connectivity index (χ2n) is 6.29. The monoisotopic (exact) mass is 348 g/mol. The molecule has 0 spiro atoms. The minimum atomic E-state index is -0.344. The number of nitrogens with one attached hydrogen (secondary N) is 1. The molecule has 0 aliphatic carbocycles. The highest BCUT2D eigenvalue weighted by molar-refractivity contribution is 6.07. The topological polar surface area (TPSA) is 58.1 Å². The molecule has 0 radical (unpaired) electrons. The highest BCUT2D eigenvalue weighted by Crippen LogP contribution is 2.32. The Kier molecular flexibility index (Phi) is 4.08. The Morgan fingerprint density at radius 2 is 1.92 bits per heavy atom. The van der Waals surface area contributed by atoms with Gasteiger partial charge in [-0.05, 0) is 43.2 Å². The van der Waals surface area contributed by atoms with Gasteiger partial charge in [-0.25, -0.2) is 14.4 Å². The molecule has 130 valence electrons. The van der Waals surface area contributed by atoms with E-state index in [0.29, 0.717) is 17.2 Å². The number of nitrogens with zero attached hydrogens (tertiary/aromatic N) is 3. The summed E-state index contributed by atoms with van der Waals surface area (Å²) in [6.07, 6.45) is 3.82. The van der Waals surface area contributed by atoms with Gasteiger partial charge in [0.2, 0.25) is 5.95 Å². The summed E-state index contributed by atoms with van der Waals surface area (Å²) in [5.74, 6) is -0.162. The van der Waals surface area contributed by atoms with E-state index >= 15 is 0 Å². The normalized spacial score (nSPS) is 15.6. The van der Waals surface area contributed by atoms with E-state index < -0.39 is 0 Å². The van der Waals surface area contributed by atoms with Gasteiger partial charge >= 0.3 is 0 Å². The Bertz CT molecular complexity index is 958. The van der Waals surface area contributed by atoms with Crippen molar-refractivity contribution in [3.05, 3.63) is 77.9 Å². The molecule has 0 fully saturated rings. The number of carbonyl (C=O) groups is 1. The van der Waals surface area contributed by atoms with Crippen LogP contribution in [-0.2, 0) is 6.42 Å². The van der Waals surface area contributed by atoms with E-state index in [9.17, 15) is 9.18 Å². The summed E-state index contributed by atoms with van der Waals surface area (Å²) in [4.78, 5) is 23.1. The summed E-state index contributed by atoms with van der Waals surface area (Å²) in [6, 6.07) is 14.0. The van der Waals surface area contributed by atoms with E-state index in [2.05, 4.69) is 15.3 Å². The Morgan fingerprint density at radius 1 is 1.15 bits per heavy atom. The molecule has 1 aliphatic rings. The fraction of sp³-hybridized carbons (Fsp3) is 0.150. The number of carbonyl (C=O) groups excluding carboxylic acids is 1. The first-order valence-corrected chi connectivity index (χ1v) is 8.38. The summed E-state index contributed by atoms with van der Waals surface area (Å²) in [5.41, 5.74) is 3.06.